The number of para-hydroxylation sites is 2. The Morgan fingerprint density at radius 2 is 1.60 bits per heavy atom. The Balaban J connectivity index is 1.09. The van der Waals surface area contributed by atoms with Crippen LogP contribution in [0.5, 0.6) is 0 Å². The van der Waals surface area contributed by atoms with E-state index in [9.17, 15) is 0 Å². The summed E-state index contributed by atoms with van der Waals surface area (Å²) >= 11 is 0. The van der Waals surface area contributed by atoms with Crippen LogP contribution in [0, 0.1) is 18.8 Å². The third-order valence-electron chi connectivity index (χ3n) is 11.6. The highest BCUT2D eigenvalue weighted by Crippen LogP contribution is 2.53. The first-order valence-electron chi connectivity index (χ1n) is 17.3. The minimum absolute atomic E-state index is 0.0617. The molecule has 0 fully saturated rings. The molecule has 3 aromatic heterocycles. The van der Waals surface area contributed by atoms with E-state index in [2.05, 4.69) is 140 Å². The molecule has 0 N–H and O–H groups in total. The van der Waals surface area contributed by atoms with E-state index in [1.807, 2.05) is 12.3 Å². The number of pyridine rings is 1. The lowest BCUT2D eigenvalue weighted by Gasteiger charge is -2.45. The number of hydrogen-bond donors (Lipinski definition) is 0. The van der Waals surface area contributed by atoms with Crippen LogP contribution in [0.2, 0.25) is 0 Å². The summed E-state index contributed by atoms with van der Waals surface area (Å²) in [6, 6.07) is 35.7. The van der Waals surface area contributed by atoms with Gasteiger partial charge in [-0.05, 0) is 97.0 Å². The van der Waals surface area contributed by atoms with Crippen LogP contribution >= 0.6 is 0 Å². The third-order valence-corrected chi connectivity index (χ3v) is 11.6. The van der Waals surface area contributed by atoms with Gasteiger partial charge in [0.2, 0.25) is 0 Å². The van der Waals surface area contributed by atoms with E-state index in [-0.39, 0.29) is 5.41 Å². The number of fused-ring (bicyclic) bond motifs is 6. The van der Waals surface area contributed by atoms with Gasteiger partial charge in [-0.3, -0.25) is 4.98 Å². The van der Waals surface area contributed by atoms with Crippen molar-refractivity contribution in [3.63, 3.8) is 0 Å². The van der Waals surface area contributed by atoms with Crippen LogP contribution < -0.4 is 0 Å². The molecular weight excluding hydrogens is 569 g/mol. The van der Waals surface area contributed by atoms with Crippen molar-refractivity contribution in [2.24, 2.45) is 11.8 Å². The van der Waals surface area contributed by atoms with Crippen LogP contribution in [0.1, 0.15) is 56.2 Å². The van der Waals surface area contributed by atoms with Gasteiger partial charge in [0, 0.05) is 38.7 Å². The van der Waals surface area contributed by atoms with Crippen molar-refractivity contribution in [2.45, 2.75) is 51.9 Å². The summed E-state index contributed by atoms with van der Waals surface area (Å²) in [6.45, 7) is 7.14. The molecule has 47 heavy (non-hydrogen) atoms. The first kappa shape index (κ1) is 28.3. The average Bonchev–Trinajstić information content (AvgIpc) is 3.63. The van der Waals surface area contributed by atoms with Crippen molar-refractivity contribution < 1.29 is 0 Å². The number of nitrogens with zero attached hydrogens (tertiary/aromatic N) is 2. The van der Waals surface area contributed by atoms with Gasteiger partial charge in [0.15, 0.2) is 0 Å². The van der Waals surface area contributed by atoms with Crippen molar-refractivity contribution in [1.29, 1.82) is 0 Å². The lowest BCUT2D eigenvalue weighted by molar-refractivity contribution is 0.364. The van der Waals surface area contributed by atoms with Gasteiger partial charge >= 0.3 is 0 Å². The fraction of sp³-hybridized carbons (Fsp3) is 0.222. The van der Waals surface area contributed by atoms with E-state index in [4.69, 9.17) is 4.98 Å². The van der Waals surface area contributed by atoms with E-state index in [1.54, 1.807) is 5.57 Å². The normalized spacial score (nSPS) is 21.1. The number of benzene rings is 4. The molecule has 0 aliphatic heterocycles. The molecule has 230 valence electrons. The maximum atomic E-state index is 4.89. The molecule has 9 rings (SSSR count). The molecule has 0 saturated carbocycles. The molecule has 3 atom stereocenters. The van der Waals surface area contributed by atoms with Crippen LogP contribution in [0.3, 0.4) is 0 Å². The standard InChI is InChI=1S/C45H40N2/c1-29-14-4-6-18-33(29)34-19-7-5-15-31(34)16-12-17-32-28-45(3,30(32)2)40-27-43-38(26-39(40)41-23-10-11-25-46-41)37-22-13-21-36-35-20-8-9-24-42(35)47(43)44(36)37/h4-11,13-14,18-28,30-31H,12,15-17H2,1-3H3. The number of aromatic nitrogens is 2. The first-order valence-corrected chi connectivity index (χ1v) is 17.3. The Hall–Kier alpha value is -4.95. The Bertz CT molecular complexity index is 2400. The highest BCUT2D eigenvalue weighted by molar-refractivity contribution is 6.23. The Kier molecular flexibility index (Phi) is 6.51. The number of rotatable bonds is 7. The topological polar surface area (TPSA) is 17.3 Å². The maximum Gasteiger partial charge on any atom is 0.0705 e. The molecule has 2 aliphatic carbocycles. The Morgan fingerprint density at radius 1 is 0.809 bits per heavy atom. The van der Waals surface area contributed by atoms with E-state index in [0.717, 1.165) is 18.5 Å². The van der Waals surface area contributed by atoms with Gasteiger partial charge in [0.1, 0.15) is 0 Å². The fourth-order valence-corrected chi connectivity index (χ4v) is 8.89. The summed E-state index contributed by atoms with van der Waals surface area (Å²) in [7, 11) is 0. The number of aryl methyl sites for hydroxylation is 1. The Morgan fingerprint density at radius 3 is 2.43 bits per heavy atom. The predicted octanol–water partition coefficient (Wildman–Crippen LogP) is 11.9. The molecule has 7 aromatic rings. The lowest BCUT2D eigenvalue weighted by Crippen LogP contribution is -2.38. The molecule has 0 bridgehead atoms. The summed E-state index contributed by atoms with van der Waals surface area (Å²) in [6.07, 6.45) is 16.2. The summed E-state index contributed by atoms with van der Waals surface area (Å²) in [4.78, 5) is 4.89. The van der Waals surface area contributed by atoms with Crippen LogP contribution in [0.25, 0.3) is 54.9 Å². The number of allylic oxidation sites excluding steroid dienone is 6. The lowest BCUT2D eigenvalue weighted by atomic mass is 9.58. The molecular formula is C45H40N2. The summed E-state index contributed by atoms with van der Waals surface area (Å²) in [5, 5.41) is 5.27. The van der Waals surface area contributed by atoms with Gasteiger partial charge in [-0.15, -0.1) is 0 Å². The van der Waals surface area contributed by atoms with Crippen molar-refractivity contribution in [1.82, 2.24) is 9.38 Å². The molecule has 2 heteroatoms. The van der Waals surface area contributed by atoms with Crippen molar-refractivity contribution in [3.05, 3.63) is 150 Å². The molecule has 0 spiro atoms. The first-order chi connectivity index (χ1) is 23.0. The van der Waals surface area contributed by atoms with Crippen LogP contribution in [-0.4, -0.2) is 9.38 Å². The summed E-state index contributed by atoms with van der Waals surface area (Å²) < 4.78 is 2.51. The second kappa shape index (κ2) is 10.8. The predicted molar refractivity (Wildman–Crippen MR) is 199 cm³/mol. The second-order valence-electron chi connectivity index (χ2n) is 14.1. The minimum Gasteiger partial charge on any atom is -0.308 e. The van der Waals surface area contributed by atoms with Gasteiger partial charge in [-0.1, -0.05) is 110 Å². The maximum absolute atomic E-state index is 4.89. The summed E-state index contributed by atoms with van der Waals surface area (Å²) in [5.41, 5.74) is 13.4. The molecule has 0 amide bonds. The highest BCUT2D eigenvalue weighted by atomic mass is 14.9. The van der Waals surface area contributed by atoms with Gasteiger partial charge in [0.05, 0.1) is 22.2 Å². The quantitative estimate of drug-likeness (QED) is 0.165. The fourth-order valence-electron chi connectivity index (χ4n) is 8.89. The van der Waals surface area contributed by atoms with E-state index >= 15 is 0 Å². The van der Waals surface area contributed by atoms with Gasteiger partial charge < -0.3 is 4.40 Å². The molecule has 0 radical (unpaired) electrons. The third kappa shape index (κ3) is 4.27. The van der Waals surface area contributed by atoms with Crippen molar-refractivity contribution in [3.8, 4) is 11.3 Å². The summed E-state index contributed by atoms with van der Waals surface area (Å²) in [5.74, 6) is 1.05. The number of hydrogen-bond acceptors (Lipinski definition) is 1. The SMILES string of the molecule is Cc1ccccc1C1=CC=CCC1CCCC1=CC(C)(c2cc3c(cc2-c2ccccn2)c2cccc4c5ccccc5n3c42)C1C. The van der Waals surface area contributed by atoms with Gasteiger partial charge in [0.25, 0.3) is 0 Å². The minimum atomic E-state index is -0.0617. The van der Waals surface area contributed by atoms with Crippen LogP contribution in [-0.2, 0) is 5.41 Å². The molecule has 0 saturated heterocycles. The molecule has 2 nitrogen and oxygen atoms in total. The zero-order chi connectivity index (χ0) is 31.7. The Labute approximate surface area is 277 Å². The van der Waals surface area contributed by atoms with Crippen molar-refractivity contribution >= 4 is 43.7 Å². The monoisotopic (exact) mass is 608 g/mol. The molecule has 3 unspecified atom stereocenters. The van der Waals surface area contributed by atoms with Gasteiger partial charge in [-0.25, -0.2) is 0 Å². The second-order valence-corrected chi connectivity index (χ2v) is 14.1. The van der Waals surface area contributed by atoms with E-state index in [1.165, 1.54) is 78.8 Å². The van der Waals surface area contributed by atoms with E-state index in [0.29, 0.717) is 11.8 Å². The van der Waals surface area contributed by atoms with Crippen molar-refractivity contribution in [2.75, 3.05) is 0 Å². The largest absolute Gasteiger partial charge is 0.308 e. The molecule has 4 aromatic carbocycles. The van der Waals surface area contributed by atoms with E-state index < -0.39 is 0 Å². The molecule has 3 heterocycles. The zero-order valence-corrected chi connectivity index (χ0v) is 27.5. The zero-order valence-electron chi connectivity index (χ0n) is 27.5. The molecule has 2 aliphatic rings. The van der Waals surface area contributed by atoms with Crippen LogP contribution in [0.4, 0.5) is 0 Å². The average molecular weight is 609 g/mol. The highest BCUT2D eigenvalue weighted by Gasteiger charge is 2.43. The smallest absolute Gasteiger partial charge is 0.0705 e. The van der Waals surface area contributed by atoms with Crippen LogP contribution in [0.15, 0.2) is 133 Å². The van der Waals surface area contributed by atoms with Gasteiger partial charge in [-0.2, -0.15) is 0 Å².